The molecule has 5 atom stereocenters. The minimum Gasteiger partial charge on any atom is -0.348 e. The van der Waals surface area contributed by atoms with E-state index in [1.165, 1.54) is 12.8 Å². The number of hydrogen-bond donors (Lipinski definition) is 2. The lowest BCUT2D eigenvalue weighted by Crippen LogP contribution is -2.60. The molecule has 1 amide bonds. The van der Waals surface area contributed by atoms with Gasteiger partial charge in [0.1, 0.15) is 10.7 Å². The molecular weight excluding hydrogens is 306 g/mol. The van der Waals surface area contributed by atoms with Gasteiger partial charge in [-0.1, -0.05) is 20.8 Å². The van der Waals surface area contributed by atoms with Gasteiger partial charge in [0, 0.05) is 11.4 Å². The molecule has 4 aliphatic rings. The smallest absolute Gasteiger partial charge is 0.270 e. The summed E-state index contributed by atoms with van der Waals surface area (Å²) >= 11 is 1.61. The molecule has 0 spiro atoms. The molecule has 126 valence electrons. The third kappa shape index (κ3) is 2.52. The van der Waals surface area contributed by atoms with Crippen molar-refractivity contribution in [3.05, 3.63) is 16.1 Å². The van der Waals surface area contributed by atoms with E-state index >= 15 is 0 Å². The molecule has 5 heteroatoms. The second kappa shape index (κ2) is 5.55. The maximum atomic E-state index is 12.6. The van der Waals surface area contributed by atoms with E-state index in [9.17, 15) is 4.79 Å². The Bertz CT molecular complexity index is 605. The first-order valence-corrected chi connectivity index (χ1v) is 9.84. The van der Waals surface area contributed by atoms with Crippen molar-refractivity contribution in [2.45, 2.75) is 58.5 Å². The zero-order chi connectivity index (χ0) is 16.2. The minimum absolute atomic E-state index is 0.0152. The predicted octanol–water partition coefficient (Wildman–Crippen LogP) is 3.37. The van der Waals surface area contributed by atoms with Gasteiger partial charge in [0.25, 0.3) is 5.91 Å². The first kappa shape index (κ1) is 15.6. The van der Waals surface area contributed by atoms with Crippen molar-refractivity contribution < 1.29 is 4.79 Å². The molecule has 5 rings (SSSR count). The highest BCUT2D eigenvalue weighted by Crippen LogP contribution is 2.61. The summed E-state index contributed by atoms with van der Waals surface area (Å²) in [7, 11) is 0. The number of hydrogen-bond acceptors (Lipinski definition) is 4. The van der Waals surface area contributed by atoms with E-state index in [1.54, 1.807) is 11.3 Å². The Morgan fingerprint density at radius 2 is 2.26 bits per heavy atom. The van der Waals surface area contributed by atoms with E-state index in [2.05, 4.69) is 36.4 Å². The third-order valence-corrected chi connectivity index (χ3v) is 7.74. The van der Waals surface area contributed by atoms with Crippen LogP contribution in [-0.4, -0.2) is 23.5 Å². The van der Waals surface area contributed by atoms with Gasteiger partial charge >= 0.3 is 0 Å². The number of thiazole rings is 1. The van der Waals surface area contributed by atoms with Gasteiger partial charge < -0.3 is 10.6 Å². The lowest BCUT2D eigenvalue weighted by molar-refractivity contribution is -0.113. The Hall–Kier alpha value is -0.940. The van der Waals surface area contributed by atoms with Crippen LogP contribution in [0.1, 0.15) is 68.0 Å². The molecule has 4 nitrogen and oxygen atoms in total. The summed E-state index contributed by atoms with van der Waals surface area (Å²) in [5, 5.41) is 9.71. The molecule has 3 saturated carbocycles. The van der Waals surface area contributed by atoms with Crippen LogP contribution in [-0.2, 0) is 0 Å². The minimum atomic E-state index is 0.0152. The molecule has 0 aromatic carbocycles. The van der Waals surface area contributed by atoms with E-state index < -0.39 is 0 Å². The van der Waals surface area contributed by atoms with Gasteiger partial charge in [0.05, 0.1) is 6.04 Å². The quantitative estimate of drug-likeness (QED) is 0.892. The largest absolute Gasteiger partial charge is 0.348 e. The van der Waals surface area contributed by atoms with Crippen molar-refractivity contribution in [2.75, 3.05) is 6.54 Å². The molecule has 1 aromatic rings. The van der Waals surface area contributed by atoms with Crippen LogP contribution < -0.4 is 10.6 Å². The van der Waals surface area contributed by atoms with Crippen molar-refractivity contribution in [2.24, 2.45) is 23.2 Å². The van der Waals surface area contributed by atoms with Gasteiger partial charge in [-0.3, -0.25) is 4.79 Å². The second-order valence-electron chi connectivity index (χ2n) is 8.26. The fraction of sp³-hybridized carbons (Fsp3) is 0.778. The summed E-state index contributed by atoms with van der Waals surface area (Å²) in [4.78, 5) is 17.2. The van der Waals surface area contributed by atoms with Crippen LogP contribution in [0.15, 0.2) is 5.38 Å². The Labute approximate surface area is 142 Å². The van der Waals surface area contributed by atoms with Crippen LogP contribution in [0.2, 0.25) is 0 Å². The number of aromatic nitrogens is 1. The zero-order valence-electron chi connectivity index (χ0n) is 14.3. The molecule has 5 unspecified atom stereocenters. The normalized spacial score (nSPS) is 38.1. The average molecular weight is 334 g/mol. The lowest BCUT2D eigenvalue weighted by atomic mass is 9.45. The van der Waals surface area contributed by atoms with Gasteiger partial charge in [0.2, 0.25) is 0 Å². The van der Waals surface area contributed by atoms with Crippen LogP contribution in [0.25, 0.3) is 0 Å². The monoisotopic (exact) mass is 333 g/mol. The molecule has 2 bridgehead atoms. The molecule has 3 aliphatic carbocycles. The third-order valence-electron chi connectivity index (χ3n) is 6.78. The van der Waals surface area contributed by atoms with Crippen molar-refractivity contribution in [1.29, 1.82) is 0 Å². The molecule has 4 fully saturated rings. The Balaban J connectivity index is 1.41. The molecule has 1 aliphatic heterocycles. The highest BCUT2D eigenvalue weighted by Gasteiger charge is 2.56. The Kier molecular flexibility index (Phi) is 3.76. The fourth-order valence-corrected chi connectivity index (χ4v) is 5.94. The van der Waals surface area contributed by atoms with Gasteiger partial charge in [-0.15, -0.1) is 11.3 Å². The molecule has 2 heterocycles. The fourth-order valence-electron chi connectivity index (χ4n) is 5.03. The topological polar surface area (TPSA) is 54.0 Å². The molecule has 1 aromatic heterocycles. The van der Waals surface area contributed by atoms with Gasteiger partial charge in [-0.05, 0) is 55.4 Å². The van der Waals surface area contributed by atoms with E-state index in [4.69, 9.17) is 0 Å². The van der Waals surface area contributed by atoms with Crippen LogP contribution >= 0.6 is 11.3 Å². The standard InChI is InChI=1S/C18H27N3OS/c1-10-12-7-11(18(12,2)3)8-14(10)20-16(22)15-9-23-17(21-15)13-5-4-6-19-13/h9-14,19H,4-8H2,1-3H3,(H,20,22). The molecule has 1 saturated heterocycles. The maximum absolute atomic E-state index is 12.6. The van der Waals surface area contributed by atoms with Crippen LogP contribution in [0.5, 0.6) is 0 Å². The van der Waals surface area contributed by atoms with Crippen molar-refractivity contribution in [1.82, 2.24) is 15.6 Å². The molecule has 0 radical (unpaired) electrons. The van der Waals surface area contributed by atoms with E-state index in [1.807, 2.05) is 5.38 Å². The van der Waals surface area contributed by atoms with Gasteiger partial charge in [-0.25, -0.2) is 4.98 Å². The summed E-state index contributed by atoms with van der Waals surface area (Å²) < 4.78 is 0. The van der Waals surface area contributed by atoms with Crippen molar-refractivity contribution >= 4 is 17.2 Å². The van der Waals surface area contributed by atoms with Crippen molar-refractivity contribution in [3.8, 4) is 0 Å². The highest BCUT2D eigenvalue weighted by atomic mass is 32.1. The first-order valence-electron chi connectivity index (χ1n) is 8.96. The van der Waals surface area contributed by atoms with E-state index in [0.29, 0.717) is 29.1 Å². The SMILES string of the molecule is CC1C(NC(=O)c2csc(C3CCCN3)n2)CC2CC1C2(C)C. The number of nitrogens with zero attached hydrogens (tertiary/aromatic N) is 1. The predicted molar refractivity (Wildman–Crippen MR) is 92.5 cm³/mol. The Morgan fingerprint density at radius 1 is 1.43 bits per heavy atom. The van der Waals surface area contributed by atoms with Crippen molar-refractivity contribution in [3.63, 3.8) is 0 Å². The zero-order valence-corrected chi connectivity index (χ0v) is 15.1. The van der Waals surface area contributed by atoms with E-state index in [-0.39, 0.29) is 5.91 Å². The molecule has 2 N–H and O–H groups in total. The number of carbonyl (C=O) groups excluding carboxylic acids is 1. The summed E-state index contributed by atoms with van der Waals surface area (Å²) in [6.45, 7) is 8.15. The molecule has 23 heavy (non-hydrogen) atoms. The maximum Gasteiger partial charge on any atom is 0.270 e. The first-order chi connectivity index (χ1) is 11.0. The van der Waals surface area contributed by atoms with Gasteiger partial charge in [-0.2, -0.15) is 0 Å². The van der Waals surface area contributed by atoms with Crippen LogP contribution in [0.3, 0.4) is 0 Å². The number of rotatable bonds is 3. The number of fused-ring (bicyclic) bond motifs is 2. The number of nitrogens with one attached hydrogen (secondary N) is 2. The second-order valence-corrected chi connectivity index (χ2v) is 9.14. The Morgan fingerprint density at radius 3 is 2.91 bits per heavy atom. The van der Waals surface area contributed by atoms with Gasteiger partial charge in [0.15, 0.2) is 0 Å². The number of amides is 1. The van der Waals surface area contributed by atoms with Crippen LogP contribution in [0, 0.1) is 23.2 Å². The van der Waals surface area contributed by atoms with E-state index in [0.717, 1.165) is 36.2 Å². The molecular formula is C18H27N3OS. The lowest BCUT2D eigenvalue weighted by Gasteiger charge is -2.62. The summed E-state index contributed by atoms with van der Waals surface area (Å²) in [6, 6.07) is 0.664. The average Bonchev–Trinajstić information content (AvgIpc) is 3.19. The number of carbonyl (C=O) groups is 1. The summed E-state index contributed by atoms with van der Waals surface area (Å²) in [5.41, 5.74) is 1.06. The summed E-state index contributed by atoms with van der Waals surface area (Å²) in [6.07, 6.45) is 4.79. The van der Waals surface area contributed by atoms with Crippen LogP contribution in [0.4, 0.5) is 0 Å². The summed E-state index contributed by atoms with van der Waals surface area (Å²) in [5.74, 6) is 2.10. The highest BCUT2D eigenvalue weighted by molar-refractivity contribution is 7.09.